The van der Waals surface area contributed by atoms with Crippen LogP contribution in [0.3, 0.4) is 0 Å². The number of hydrogen-bond acceptors (Lipinski definition) is 4. The van der Waals surface area contributed by atoms with Crippen LogP contribution in [0.25, 0.3) is 0 Å². The summed E-state index contributed by atoms with van der Waals surface area (Å²) < 4.78 is 27.6. The number of hydrogen-bond donors (Lipinski definition) is 0. The average molecular weight is 356 g/mol. The Labute approximate surface area is 144 Å². The fourth-order valence-corrected chi connectivity index (χ4v) is 4.62. The fourth-order valence-electron chi connectivity index (χ4n) is 3.36. The van der Waals surface area contributed by atoms with Crippen molar-refractivity contribution >= 4 is 15.9 Å². The molecule has 0 spiro atoms. The Morgan fingerprint density at radius 2 is 1.96 bits per heavy atom. The van der Waals surface area contributed by atoms with Gasteiger partial charge < -0.3 is 4.90 Å². The lowest BCUT2D eigenvalue weighted by Crippen LogP contribution is -2.45. The van der Waals surface area contributed by atoms with E-state index in [-0.39, 0.29) is 23.4 Å². The molecule has 1 fully saturated rings. The molecule has 1 atom stereocenters. The predicted octanol–water partition coefficient (Wildman–Crippen LogP) is 1.54. The molecule has 7 nitrogen and oxygen atoms in total. The van der Waals surface area contributed by atoms with Crippen LogP contribution in [-0.2, 0) is 21.4 Å². The predicted molar refractivity (Wildman–Crippen MR) is 92.2 cm³/mol. The molecule has 1 saturated heterocycles. The minimum absolute atomic E-state index is 0.0148. The van der Waals surface area contributed by atoms with Crippen LogP contribution in [0, 0.1) is 13.8 Å². The number of sulfonamides is 1. The summed E-state index contributed by atoms with van der Waals surface area (Å²) in [5, 5.41) is 4.31. The van der Waals surface area contributed by atoms with Gasteiger partial charge in [0.05, 0.1) is 11.4 Å². The van der Waals surface area contributed by atoms with Crippen molar-refractivity contribution in [3.63, 3.8) is 0 Å². The minimum Gasteiger partial charge on any atom is -0.338 e. The molecule has 1 unspecified atom stereocenters. The Hall–Kier alpha value is -1.41. The van der Waals surface area contributed by atoms with Gasteiger partial charge in [-0.2, -0.15) is 5.10 Å². The van der Waals surface area contributed by atoms with Crippen LogP contribution in [0.4, 0.5) is 0 Å². The maximum absolute atomic E-state index is 12.7. The van der Waals surface area contributed by atoms with Crippen molar-refractivity contribution in [2.24, 2.45) is 0 Å². The van der Waals surface area contributed by atoms with Crippen molar-refractivity contribution in [3.8, 4) is 0 Å². The zero-order valence-electron chi connectivity index (χ0n) is 15.2. The van der Waals surface area contributed by atoms with E-state index in [1.807, 2.05) is 4.90 Å². The maximum atomic E-state index is 12.7. The van der Waals surface area contributed by atoms with E-state index in [0.29, 0.717) is 11.4 Å². The molecule has 136 valence electrons. The smallest absolute Gasteiger partial charge is 0.246 e. The molecule has 0 saturated carbocycles. The second-order valence-corrected chi connectivity index (χ2v) is 8.68. The molecule has 0 N–H and O–H groups in total. The summed E-state index contributed by atoms with van der Waals surface area (Å²) in [6, 6.07) is 0.285. The molecule has 0 aliphatic carbocycles. The van der Waals surface area contributed by atoms with E-state index in [1.54, 1.807) is 13.8 Å². The zero-order valence-corrected chi connectivity index (χ0v) is 16.1. The number of likely N-dealkylation sites (tertiary alicyclic amines) is 1. The summed E-state index contributed by atoms with van der Waals surface area (Å²) >= 11 is 0. The lowest BCUT2D eigenvalue weighted by Gasteiger charge is -2.35. The van der Waals surface area contributed by atoms with Crippen LogP contribution < -0.4 is 0 Å². The molecule has 2 heterocycles. The fraction of sp³-hybridized carbons (Fsp3) is 0.750. The van der Waals surface area contributed by atoms with Crippen LogP contribution in [0.2, 0.25) is 0 Å². The van der Waals surface area contributed by atoms with Gasteiger partial charge in [-0.3, -0.25) is 9.48 Å². The van der Waals surface area contributed by atoms with Gasteiger partial charge in [0.25, 0.3) is 0 Å². The Bertz CT molecular complexity index is 709. The Morgan fingerprint density at radius 3 is 2.54 bits per heavy atom. The first-order valence-corrected chi connectivity index (χ1v) is 9.90. The Balaban J connectivity index is 2.27. The largest absolute Gasteiger partial charge is 0.338 e. The molecule has 8 heteroatoms. The first-order chi connectivity index (χ1) is 11.2. The lowest BCUT2D eigenvalue weighted by molar-refractivity contribution is -0.135. The zero-order chi connectivity index (χ0) is 18.1. The van der Waals surface area contributed by atoms with Gasteiger partial charge in [0.1, 0.15) is 11.4 Å². The van der Waals surface area contributed by atoms with Gasteiger partial charge in [-0.15, -0.1) is 0 Å². The first kappa shape index (κ1) is 18.9. The van der Waals surface area contributed by atoms with Crippen molar-refractivity contribution in [2.45, 2.75) is 63.9 Å². The number of aromatic nitrogens is 2. The van der Waals surface area contributed by atoms with Crippen LogP contribution in [-0.4, -0.2) is 60.0 Å². The van der Waals surface area contributed by atoms with E-state index < -0.39 is 10.0 Å². The van der Waals surface area contributed by atoms with Gasteiger partial charge >= 0.3 is 0 Å². The standard InChI is InChI=1S/C16H28N4O3S/c1-6-14-9-7-8-10-19(14)15(21)11-20-13(3)16(12(2)17-20)24(22,23)18(4)5/h14H,6-11H2,1-5H3. The quantitative estimate of drug-likeness (QED) is 0.802. The van der Waals surface area contributed by atoms with Crippen molar-refractivity contribution in [1.29, 1.82) is 0 Å². The van der Waals surface area contributed by atoms with E-state index in [4.69, 9.17) is 0 Å². The van der Waals surface area contributed by atoms with Gasteiger partial charge in [-0.1, -0.05) is 6.92 Å². The molecular formula is C16H28N4O3S. The van der Waals surface area contributed by atoms with Crippen molar-refractivity contribution in [1.82, 2.24) is 19.0 Å². The molecule has 2 rings (SSSR count). The Kier molecular flexibility index (Phi) is 5.70. The van der Waals surface area contributed by atoms with Crippen LogP contribution in [0.15, 0.2) is 4.90 Å². The highest BCUT2D eigenvalue weighted by atomic mass is 32.2. The number of carbonyl (C=O) groups is 1. The average Bonchev–Trinajstić information content (AvgIpc) is 2.81. The summed E-state index contributed by atoms with van der Waals surface area (Å²) in [5.41, 5.74) is 0.944. The molecule has 0 radical (unpaired) electrons. The van der Waals surface area contributed by atoms with E-state index in [0.717, 1.165) is 32.2 Å². The summed E-state index contributed by atoms with van der Waals surface area (Å²) in [6.07, 6.45) is 4.18. The Morgan fingerprint density at radius 1 is 1.29 bits per heavy atom. The maximum Gasteiger partial charge on any atom is 0.246 e. The topological polar surface area (TPSA) is 75.5 Å². The summed E-state index contributed by atoms with van der Waals surface area (Å²) in [6.45, 7) is 6.34. The van der Waals surface area contributed by atoms with Crippen LogP contribution >= 0.6 is 0 Å². The molecule has 1 amide bonds. The van der Waals surface area contributed by atoms with Gasteiger partial charge in [-0.05, 0) is 39.5 Å². The lowest BCUT2D eigenvalue weighted by atomic mass is 10.00. The molecule has 0 aromatic carbocycles. The monoisotopic (exact) mass is 356 g/mol. The van der Waals surface area contributed by atoms with Gasteiger partial charge in [-0.25, -0.2) is 12.7 Å². The van der Waals surface area contributed by atoms with Gasteiger partial charge in [0.15, 0.2) is 0 Å². The number of rotatable bonds is 5. The molecule has 1 aromatic rings. The SMILES string of the molecule is CCC1CCCCN1C(=O)Cn1nc(C)c(S(=O)(=O)N(C)C)c1C. The second kappa shape index (κ2) is 7.23. The van der Waals surface area contributed by atoms with Gasteiger partial charge in [0.2, 0.25) is 15.9 Å². The van der Waals surface area contributed by atoms with Crippen LogP contribution in [0.1, 0.15) is 44.0 Å². The third kappa shape index (κ3) is 3.49. The highest BCUT2D eigenvalue weighted by molar-refractivity contribution is 7.89. The third-order valence-electron chi connectivity index (χ3n) is 4.76. The van der Waals surface area contributed by atoms with E-state index in [9.17, 15) is 13.2 Å². The summed E-state index contributed by atoms with van der Waals surface area (Å²) in [7, 11) is -0.576. The molecular weight excluding hydrogens is 328 g/mol. The molecule has 1 aromatic heterocycles. The summed E-state index contributed by atoms with van der Waals surface area (Å²) in [4.78, 5) is 14.8. The van der Waals surface area contributed by atoms with E-state index >= 15 is 0 Å². The number of aryl methyl sites for hydroxylation is 1. The van der Waals surface area contributed by atoms with E-state index in [2.05, 4.69) is 12.0 Å². The van der Waals surface area contributed by atoms with Crippen molar-refractivity contribution < 1.29 is 13.2 Å². The summed E-state index contributed by atoms with van der Waals surface area (Å²) in [5.74, 6) is 0.0148. The van der Waals surface area contributed by atoms with E-state index in [1.165, 1.54) is 23.1 Å². The molecule has 1 aliphatic heterocycles. The molecule has 24 heavy (non-hydrogen) atoms. The first-order valence-electron chi connectivity index (χ1n) is 8.46. The van der Waals surface area contributed by atoms with Crippen molar-refractivity contribution in [3.05, 3.63) is 11.4 Å². The number of amides is 1. The molecule has 1 aliphatic rings. The number of piperidine rings is 1. The van der Waals surface area contributed by atoms with Gasteiger partial charge in [0, 0.05) is 26.7 Å². The highest BCUT2D eigenvalue weighted by Gasteiger charge is 2.29. The second-order valence-electron chi connectivity index (χ2n) is 6.59. The molecule has 0 bridgehead atoms. The third-order valence-corrected chi connectivity index (χ3v) is 6.83. The normalized spacial score (nSPS) is 19.1. The number of carbonyl (C=O) groups excluding carboxylic acids is 1. The highest BCUT2D eigenvalue weighted by Crippen LogP contribution is 2.23. The van der Waals surface area contributed by atoms with Crippen LogP contribution in [0.5, 0.6) is 0 Å². The minimum atomic E-state index is -3.57. The number of nitrogens with zero attached hydrogens (tertiary/aromatic N) is 4. The van der Waals surface area contributed by atoms with Crippen molar-refractivity contribution in [2.75, 3.05) is 20.6 Å².